The number of benzene rings is 3. The largest absolute Gasteiger partial charge is 0.542 e. The molecule has 0 aliphatic rings. The van der Waals surface area contributed by atoms with Crippen LogP contribution in [0.2, 0.25) is 0 Å². The Balaban J connectivity index is 0.000000745. The van der Waals surface area contributed by atoms with Gasteiger partial charge in [0.25, 0.3) is 0 Å². The molecule has 224 valence electrons. The first kappa shape index (κ1) is 33.9. The zero-order chi connectivity index (χ0) is 31.2. The van der Waals surface area contributed by atoms with Gasteiger partial charge >= 0.3 is 6.18 Å². The van der Waals surface area contributed by atoms with Crippen LogP contribution >= 0.6 is 0 Å². The number of carboxylic acids is 1. The lowest BCUT2D eigenvalue weighted by molar-refractivity contribution is -0.344. The van der Waals surface area contributed by atoms with Gasteiger partial charge in [-0.25, -0.2) is 0 Å². The maximum absolute atomic E-state index is 10.5. The second kappa shape index (κ2) is 13.1. The molecular formula is C32H39F3O5S. The molecule has 3 aromatic carbocycles. The first-order valence-corrected chi connectivity index (χ1v) is 14.3. The van der Waals surface area contributed by atoms with Gasteiger partial charge < -0.3 is 24.1 Å². The zero-order valence-electron chi connectivity index (χ0n) is 25.0. The summed E-state index contributed by atoms with van der Waals surface area (Å²) in [6.07, 6.45) is -5.19. The van der Waals surface area contributed by atoms with E-state index >= 15 is 0 Å². The number of halogens is 3. The summed E-state index contributed by atoms with van der Waals surface area (Å²) >= 11 is 0. The smallest absolute Gasteiger partial charge is 0.430 e. The van der Waals surface area contributed by atoms with Crippen LogP contribution in [0.5, 0.6) is 17.2 Å². The molecular weight excluding hydrogens is 553 g/mol. The molecule has 0 bridgehead atoms. The molecule has 0 N–H and O–H groups in total. The highest BCUT2D eigenvalue weighted by molar-refractivity contribution is 7.97. The van der Waals surface area contributed by atoms with Gasteiger partial charge in [-0.15, -0.1) is 0 Å². The Bertz CT molecular complexity index is 1110. The van der Waals surface area contributed by atoms with Gasteiger partial charge in [-0.05, 0) is 135 Å². The first-order chi connectivity index (χ1) is 18.6. The number of carbonyl (C=O) groups is 1. The van der Waals surface area contributed by atoms with E-state index < -0.39 is 12.1 Å². The van der Waals surface area contributed by atoms with Crippen molar-refractivity contribution in [3.63, 3.8) is 0 Å². The van der Waals surface area contributed by atoms with E-state index in [2.05, 4.69) is 135 Å². The number of carbonyl (C=O) groups excluding carboxylic acids is 1. The van der Waals surface area contributed by atoms with Crippen LogP contribution in [0.3, 0.4) is 0 Å². The van der Waals surface area contributed by atoms with Gasteiger partial charge in [0, 0.05) is 0 Å². The molecule has 0 aromatic heterocycles. The Morgan fingerprint density at radius 1 is 0.537 bits per heavy atom. The van der Waals surface area contributed by atoms with Crippen molar-refractivity contribution in [2.75, 3.05) is 0 Å². The van der Waals surface area contributed by atoms with Crippen molar-refractivity contribution in [2.24, 2.45) is 0 Å². The number of carboxylic acid groups (broad SMARTS) is 1. The standard InChI is InChI=1S/C30H39O3S.C2HF3O2/c1-28(2,3)31-22-10-16-25(17-11-22)34(26-18-12-23(13-19-26)32-29(4,5)6)27-20-14-24(15-21-27)33-30(7,8)9;3-2(4,5)1(6)7/h10-21H,1-9H3;(H,6,7)/q+1;/p-1. The van der Waals surface area contributed by atoms with Crippen molar-refractivity contribution >= 4 is 16.9 Å². The van der Waals surface area contributed by atoms with Crippen LogP contribution in [0.1, 0.15) is 62.3 Å². The highest BCUT2D eigenvalue weighted by Crippen LogP contribution is 2.35. The molecule has 3 aromatic rings. The van der Waals surface area contributed by atoms with E-state index in [9.17, 15) is 13.2 Å². The Morgan fingerprint density at radius 3 is 0.878 bits per heavy atom. The fraction of sp³-hybridized carbons (Fsp3) is 0.406. The van der Waals surface area contributed by atoms with E-state index in [0.29, 0.717) is 0 Å². The summed E-state index contributed by atoms with van der Waals surface area (Å²) in [5.74, 6) is -0.375. The Kier molecular flexibility index (Phi) is 10.8. The number of hydrogen-bond acceptors (Lipinski definition) is 5. The van der Waals surface area contributed by atoms with Crippen LogP contribution in [-0.4, -0.2) is 28.9 Å². The highest BCUT2D eigenvalue weighted by atomic mass is 32.2. The Labute approximate surface area is 244 Å². The third-order valence-corrected chi connectivity index (χ3v) is 6.91. The van der Waals surface area contributed by atoms with Crippen LogP contribution in [-0.2, 0) is 15.7 Å². The summed E-state index contributed by atoms with van der Waals surface area (Å²) in [6, 6.07) is 25.4. The lowest BCUT2D eigenvalue weighted by atomic mass is 10.2. The number of aliphatic carboxylic acids is 1. The van der Waals surface area contributed by atoms with Gasteiger partial charge in [0.15, 0.2) is 14.7 Å². The molecule has 0 aliphatic heterocycles. The lowest BCUT2D eigenvalue weighted by Gasteiger charge is -2.22. The molecule has 5 nitrogen and oxygen atoms in total. The van der Waals surface area contributed by atoms with Crippen molar-refractivity contribution in [3.8, 4) is 17.2 Å². The maximum Gasteiger partial charge on any atom is 0.430 e. The van der Waals surface area contributed by atoms with Crippen LogP contribution in [0.15, 0.2) is 87.5 Å². The molecule has 0 heterocycles. The Hall–Kier alpha value is -3.33. The maximum atomic E-state index is 10.5. The van der Waals surface area contributed by atoms with Gasteiger partial charge in [0.1, 0.15) is 40.0 Å². The van der Waals surface area contributed by atoms with Crippen molar-refractivity contribution in [3.05, 3.63) is 72.8 Å². The van der Waals surface area contributed by atoms with Crippen LogP contribution < -0.4 is 19.3 Å². The molecule has 0 aliphatic carbocycles. The minimum atomic E-state index is -5.19. The molecule has 41 heavy (non-hydrogen) atoms. The normalized spacial score (nSPS) is 12.3. The van der Waals surface area contributed by atoms with Gasteiger partial charge in [0.05, 0.1) is 10.9 Å². The molecule has 0 spiro atoms. The average molecular weight is 593 g/mol. The SMILES string of the molecule is CC(C)(C)Oc1ccc([S+](c2ccc(OC(C)(C)C)cc2)c2ccc(OC(C)(C)C)cc2)cc1.O=C([O-])C(F)(F)F. The molecule has 0 saturated heterocycles. The molecule has 3 rings (SSSR count). The van der Waals surface area contributed by atoms with E-state index in [0.717, 1.165) is 17.2 Å². The number of hydrogen-bond donors (Lipinski definition) is 0. The van der Waals surface area contributed by atoms with Gasteiger partial charge in [-0.1, -0.05) is 0 Å². The van der Waals surface area contributed by atoms with Crippen molar-refractivity contribution < 1.29 is 37.3 Å². The van der Waals surface area contributed by atoms with Gasteiger partial charge in [-0.3, -0.25) is 0 Å². The van der Waals surface area contributed by atoms with E-state index in [1.807, 2.05) is 0 Å². The van der Waals surface area contributed by atoms with Crippen LogP contribution in [0.4, 0.5) is 13.2 Å². The third-order valence-electron chi connectivity index (χ3n) is 4.68. The van der Waals surface area contributed by atoms with Crippen molar-refractivity contribution in [2.45, 2.75) is 100.0 Å². The average Bonchev–Trinajstić information content (AvgIpc) is 2.79. The monoisotopic (exact) mass is 592 g/mol. The summed E-state index contributed by atoms with van der Waals surface area (Å²) < 4.78 is 49.7. The molecule has 0 saturated carbocycles. The summed E-state index contributed by atoms with van der Waals surface area (Å²) in [5, 5.41) is 8.78. The predicted octanol–water partition coefficient (Wildman–Crippen LogP) is 7.61. The fourth-order valence-electron chi connectivity index (χ4n) is 3.40. The van der Waals surface area contributed by atoms with Crippen LogP contribution in [0, 0.1) is 0 Å². The first-order valence-electron chi connectivity index (χ1n) is 13.0. The van der Waals surface area contributed by atoms with Crippen molar-refractivity contribution in [1.82, 2.24) is 0 Å². The second-order valence-corrected chi connectivity index (χ2v) is 14.2. The Morgan fingerprint density at radius 2 is 0.732 bits per heavy atom. The van der Waals surface area contributed by atoms with Crippen LogP contribution in [0.25, 0.3) is 0 Å². The fourth-order valence-corrected chi connectivity index (χ4v) is 5.44. The zero-order valence-corrected chi connectivity index (χ0v) is 25.8. The number of alkyl halides is 3. The summed E-state index contributed by atoms with van der Waals surface area (Å²) in [4.78, 5) is 12.5. The van der Waals surface area contributed by atoms with Gasteiger partial charge in [0.2, 0.25) is 0 Å². The second-order valence-electron chi connectivity index (χ2n) is 12.1. The van der Waals surface area contributed by atoms with E-state index in [4.69, 9.17) is 24.1 Å². The molecule has 0 atom stereocenters. The summed E-state index contributed by atoms with van der Waals surface area (Å²) in [5.41, 5.74) is -0.682. The molecule has 0 amide bonds. The molecule has 0 radical (unpaired) electrons. The quantitative estimate of drug-likeness (QED) is 0.276. The number of ether oxygens (including phenoxy) is 3. The highest BCUT2D eigenvalue weighted by Gasteiger charge is 2.30. The topological polar surface area (TPSA) is 67.8 Å². The molecule has 0 fully saturated rings. The predicted molar refractivity (Wildman–Crippen MR) is 154 cm³/mol. The molecule has 0 unspecified atom stereocenters. The van der Waals surface area contributed by atoms with E-state index in [1.54, 1.807) is 0 Å². The third kappa shape index (κ3) is 12.4. The van der Waals surface area contributed by atoms with E-state index in [1.165, 1.54) is 14.7 Å². The minimum absolute atomic E-state index is 0.227. The lowest BCUT2D eigenvalue weighted by Crippen LogP contribution is -2.37. The summed E-state index contributed by atoms with van der Waals surface area (Å²) in [7, 11) is -0.276. The molecule has 9 heteroatoms. The number of rotatable bonds is 6. The summed E-state index contributed by atoms with van der Waals surface area (Å²) in [6.45, 7) is 18.6. The van der Waals surface area contributed by atoms with Crippen molar-refractivity contribution in [1.29, 1.82) is 0 Å². The van der Waals surface area contributed by atoms with E-state index in [-0.39, 0.29) is 27.7 Å². The minimum Gasteiger partial charge on any atom is -0.542 e. The van der Waals surface area contributed by atoms with Gasteiger partial charge in [-0.2, -0.15) is 13.2 Å².